The minimum atomic E-state index is -3.53. The van der Waals surface area contributed by atoms with Crippen LogP contribution in [0, 0.1) is 0 Å². The van der Waals surface area contributed by atoms with Crippen molar-refractivity contribution in [2.75, 3.05) is 31.6 Å². The number of fused-ring (bicyclic) bond motifs is 1. The van der Waals surface area contributed by atoms with Gasteiger partial charge in [0.2, 0.25) is 15.9 Å². The molecule has 2 amide bonds. The molecule has 0 bridgehead atoms. The zero-order chi connectivity index (χ0) is 21.1. The monoisotopic (exact) mass is 429 g/mol. The number of benzene rings is 2. The number of anilines is 1. The molecular formula is C21H23N3O5S. The van der Waals surface area contributed by atoms with E-state index in [-0.39, 0.29) is 23.3 Å². The van der Waals surface area contributed by atoms with Gasteiger partial charge in [-0.05, 0) is 47.9 Å². The van der Waals surface area contributed by atoms with Crippen LogP contribution in [-0.4, -0.2) is 50.8 Å². The van der Waals surface area contributed by atoms with Crippen molar-refractivity contribution in [3.8, 4) is 0 Å². The van der Waals surface area contributed by atoms with Crippen LogP contribution in [0.25, 0.3) is 0 Å². The maximum atomic E-state index is 12.7. The predicted octanol–water partition coefficient (Wildman–Crippen LogP) is 1.52. The van der Waals surface area contributed by atoms with Crippen LogP contribution in [0.15, 0.2) is 47.4 Å². The molecule has 0 radical (unpaired) electrons. The van der Waals surface area contributed by atoms with Gasteiger partial charge >= 0.3 is 0 Å². The van der Waals surface area contributed by atoms with Crippen molar-refractivity contribution in [3.63, 3.8) is 0 Å². The van der Waals surface area contributed by atoms with Gasteiger partial charge in [0, 0.05) is 37.3 Å². The molecule has 0 unspecified atom stereocenters. The van der Waals surface area contributed by atoms with Gasteiger partial charge in [-0.2, -0.15) is 4.31 Å². The van der Waals surface area contributed by atoms with Gasteiger partial charge in [-0.3, -0.25) is 9.59 Å². The molecule has 2 aliphatic rings. The first-order chi connectivity index (χ1) is 14.4. The molecule has 158 valence electrons. The van der Waals surface area contributed by atoms with Crippen LogP contribution in [0.5, 0.6) is 0 Å². The Kier molecular flexibility index (Phi) is 5.85. The van der Waals surface area contributed by atoms with Crippen molar-refractivity contribution >= 4 is 27.5 Å². The van der Waals surface area contributed by atoms with E-state index in [0.29, 0.717) is 44.7 Å². The first-order valence-electron chi connectivity index (χ1n) is 9.81. The minimum absolute atomic E-state index is 0.0150. The van der Waals surface area contributed by atoms with Crippen LogP contribution >= 0.6 is 0 Å². The Labute approximate surface area is 175 Å². The van der Waals surface area contributed by atoms with Gasteiger partial charge in [-0.1, -0.05) is 12.1 Å². The summed E-state index contributed by atoms with van der Waals surface area (Å²) in [6, 6.07) is 11.8. The van der Waals surface area contributed by atoms with Crippen molar-refractivity contribution in [2.24, 2.45) is 0 Å². The molecular weight excluding hydrogens is 406 g/mol. The lowest BCUT2D eigenvalue weighted by molar-refractivity contribution is -0.116. The van der Waals surface area contributed by atoms with Crippen molar-refractivity contribution < 1.29 is 22.7 Å². The second-order valence-corrected chi connectivity index (χ2v) is 9.20. The molecule has 2 aromatic carbocycles. The van der Waals surface area contributed by atoms with Crippen LogP contribution in [0.2, 0.25) is 0 Å². The molecule has 2 heterocycles. The van der Waals surface area contributed by atoms with E-state index in [9.17, 15) is 18.0 Å². The minimum Gasteiger partial charge on any atom is -0.379 e. The van der Waals surface area contributed by atoms with E-state index < -0.39 is 10.0 Å². The third-order valence-corrected chi connectivity index (χ3v) is 7.16. The highest BCUT2D eigenvalue weighted by Gasteiger charge is 2.26. The summed E-state index contributed by atoms with van der Waals surface area (Å²) in [6.07, 6.45) is 1.03. The molecule has 0 spiro atoms. The Morgan fingerprint density at radius 1 is 1.07 bits per heavy atom. The summed E-state index contributed by atoms with van der Waals surface area (Å²) >= 11 is 0. The Hall–Kier alpha value is -2.75. The molecule has 2 aromatic rings. The Bertz CT molecular complexity index is 1060. The fraction of sp³-hybridized carbons (Fsp3) is 0.333. The van der Waals surface area contributed by atoms with Gasteiger partial charge in [-0.25, -0.2) is 8.42 Å². The summed E-state index contributed by atoms with van der Waals surface area (Å²) in [7, 11) is -3.53. The van der Waals surface area contributed by atoms with Crippen molar-refractivity contribution in [1.82, 2.24) is 9.62 Å². The number of rotatable bonds is 5. The molecule has 0 saturated carbocycles. The van der Waals surface area contributed by atoms with Crippen molar-refractivity contribution in [3.05, 3.63) is 59.2 Å². The topological polar surface area (TPSA) is 105 Å². The van der Waals surface area contributed by atoms with Gasteiger partial charge < -0.3 is 15.4 Å². The summed E-state index contributed by atoms with van der Waals surface area (Å²) in [5.41, 5.74) is 3.02. The molecule has 1 saturated heterocycles. The highest BCUT2D eigenvalue weighted by atomic mass is 32.2. The van der Waals surface area contributed by atoms with E-state index in [2.05, 4.69) is 10.6 Å². The second kappa shape index (κ2) is 8.55. The third-order valence-electron chi connectivity index (χ3n) is 5.25. The van der Waals surface area contributed by atoms with Crippen LogP contribution in [0.1, 0.15) is 27.9 Å². The first kappa shape index (κ1) is 20.5. The fourth-order valence-electron chi connectivity index (χ4n) is 3.52. The van der Waals surface area contributed by atoms with Gasteiger partial charge in [0.05, 0.1) is 18.1 Å². The number of carbonyl (C=O) groups excluding carboxylic acids is 2. The van der Waals surface area contributed by atoms with E-state index in [0.717, 1.165) is 16.8 Å². The largest absolute Gasteiger partial charge is 0.379 e. The predicted molar refractivity (Wildman–Crippen MR) is 111 cm³/mol. The Balaban J connectivity index is 1.38. The third kappa shape index (κ3) is 4.38. The maximum Gasteiger partial charge on any atom is 0.251 e. The zero-order valence-corrected chi connectivity index (χ0v) is 17.2. The van der Waals surface area contributed by atoms with Crippen LogP contribution in [0.4, 0.5) is 5.69 Å². The lowest BCUT2D eigenvalue weighted by atomic mass is 10.00. The number of hydrogen-bond acceptors (Lipinski definition) is 5. The summed E-state index contributed by atoms with van der Waals surface area (Å²) in [6.45, 7) is 1.79. The van der Waals surface area contributed by atoms with Crippen molar-refractivity contribution in [2.45, 2.75) is 24.3 Å². The molecule has 2 aliphatic heterocycles. The molecule has 0 atom stereocenters. The molecule has 9 heteroatoms. The van der Waals surface area contributed by atoms with Crippen LogP contribution < -0.4 is 10.6 Å². The molecule has 2 N–H and O–H groups in total. The highest BCUT2D eigenvalue weighted by Crippen LogP contribution is 2.23. The number of carbonyl (C=O) groups is 2. The molecule has 0 aliphatic carbocycles. The van der Waals surface area contributed by atoms with Gasteiger partial charge in [-0.15, -0.1) is 0 Å². The second-order valence-electron chi connectivity index (χ2n) is 7.26. The zero-order valence-electron chi connectivity index (χ0n) is 16.4. The highest BCUT2D eigenvalue weighted by molar-refractivity contribution is 7.89. The summed E-state index contributed by atoms with van der Waals surface area (Å²) in [5.74, 6) is -0.238. The Morgan fingerprint density at radius 3 is 2.53 bits per heavy atom. The maximum absolute atomic E-state index is 12.7. The smallest absolute Gasteiger partial charge is 0.251 e. The van der Waals surface area contributed by atoms with Crippen LogP contribution in [-0.2, 0) is 32.5 Å². The number of amides is 2. The van der Waals surface area contributed by atoms with Crippen molar-refractivity contribution in [1.29, 1.82) is 0 Å². The summed E-state index contributed by atoms with van der Waals surface area (Å²) in [4.78, 5) is 24.2. The van der Waals surface area contributed by atoms with E-state index in [1.54, 1.807) is 42.5 Å². The van der Waals surface area contributed by atoms with Gasteiger partial charge in [0.1, 0.15) is 0 Å². The van der Waals surface area contributed by atoms with E-state index >= 15 is 0 Å². The van der Waals surface area contributed by atoms with Gasteiger partial charge in [0.25, 0.3) is 5.91 Å². The molecule has 1 fully saturated rings. The lowest BCUT2D eigenvalue weighted by Crippen LogP contribution is -2.40. The number of aryl methyl sites for hydroxylation is 1. The SMILES string of the molecule is O=C1CCc2cc(C(=O)NCc3ccc(S(=O)(=O)N4CCOCC4)cc3)ccc2N1. The van der Waals surface area contributed by atoms with Crippen LogP contribution in [0.3, 0.4) is 0 Å². The van der Waals surface area contributed by atoms with E-state index in [4.69, 9.17) is 4.74 Å². The van der Waals surface area contributed by atoms with E-state index in [1.807, 2.05) is 0 Å². The Morgan fingerprint density at radius 2 is 1.80 bits per heavy atom. The lowest BCUT2D eigenvalue weighted by Gasteiger charge is -2.26. The average Bonchev–Trinajstić information content (AvgIpc) is 2.78. The summed E-state index contributed by atoms with van der Waals surface area (Å²) in [5, 5.41) is 5.64. The number of nitrogens with one attached hydrogen (secondary N) is 2. The van der Waals surface area contributed by atoms with Gasteiger partial charge in [0.15, 0.2) is 0 Å². The number of sulfonamides is 1. The molecule has 8 nitrogen and oxygen atoms in total. The number of morpholine rings is 1. The quantitative estimate of drug-likeness (QED) is 0.750. The molecule has 0 aromatic heterocycles. The van der Waals surface area contributed by atoms with E-state index in [1.165, 1.54) is 4.31 Å². The average molecular weight is 429 g/mol. The fourth-order valence-corrected chi connectivity index (χ4v) is 4.93. The summed E-state index contributed by atoms with van der Waals surface area (Å²) < 4.78 is 32.0. The number of hydrogen-bond donors (Lipinski definition) is 2. The number of nitrogens with zero attached hydrogens (tertiary/aromatic N) is 1. The molecule has 4 rings (SSSR count). The molecule has 30 heavy (non-hydrogen) atoms. The first-order valence-corrected chi connectivity index (χ1v) is 11.3. The normalized spacial score (nSPS) is 17.1. The number of ether oxygens (including phenoxy) is 1. The standard InChI is InChI=1S/C21H23N3O5S/c25-20-8-4-16-13-17(3-7-19(16)23-20)21(26)22-14-15-1-5-18(6-2-15)30(27,28)24-9-11-29-12-10-24/h1-3,5-7,13H,4,8-12,14H2,(H,22,26)(H,23,25).